The van der Waals surface area contributed by atoms with Gasteiger partial charge in [-0.3, -0.25) is 0 Å². The Labute approximate surface area is 58.0 Å². The van der Waals surface area contributed by atoms with Gasteiger partial charge in [0.15, 0.2) is 0 Å². The molecule has 1 aliphatic carbocycles. The molecule has 52 valence electrons. The molecule has 0 nitrogen and oxygen atoms in total. The predicted molar refractivity (Wildman–Crippen MR) is 41.3 cm³/mol. The predicted octanol–water partition coefficient (Wildman–Crippen LogP) is 3.00. The maximum atomic E-state index is 2.36. The van der Waals surface area contributed by atoms with Crippen molar-refractivity contribution >= 4 is 0 Å². The highest BCUT2D eigenvalue weighted by Crippen LogP contribution is 2.52. The van der Waals surface area contributed by atoms with Crippen molar-refractivity contribution in [2.75, 3.05) is 0 Å². The molecule has 1 rings (SSSR count). The van der Waals surface area contributed by atoms with Crippen LogP contribution in [0.15, 0.2) is 12.2 Å². The van der Waals surface area contributed by atoms with Gasteiger partial charge in [0.2, 0.25) is 0 Å². The first kappa shape index (κ1) is 6.85. The van der Waals surface area contributed by atoms with Crippen molar-refractivity contribution in [2.45, 2.75) is 33.6 Å². The largest absolute Gasteiger partial charge is 0.0885 e. The van der Waals surface area contributed by atoms with E-state index in [2.05, 4.69) is 32.9 Å². The van der Waals surface area contributed by atoms with Gasteiger partial charge in [0.25, 0.3) is 0 Å². The van der Waals surface area contributed by atoms with Gasteiger partial charge in [-0.05, 0) is 24.2 Å². The Balaban J connectivity index is 2.27. The lowest BCUT2D eigenvalue weighted by Gasteiger charge is -1.94. The second-order valence-corrected chi connectivity index (χ2v) is 3.64. The van der Waals surface area contributed by atoms with Crippen molar-refractivity contribution in [3.8, 4) is 0 Å². The maximum Gasteiger partial charge on any atom is -0.0177 e. The molecule has 0 aromatic carbocycles. The molecule has 1 aliphatic rings. The number of hydrogen-bond donors (Lipinski definition) is 0. The Bertz CT molecular complexity index is 120. The molecule has 0 aromatic rings. The molecule has 0 radical (unpaired) electrons. The van der Waals surface area contributed by atoms with Crippen LogP contribution in [0.1, 0.15) is 33.6 Å². The minimum Gasteiger partial charge on any atom is -0.0885 e. The first-order valence-electron chi connectivity index (χ1n) is 3.83. The van der Waals surface area contributed by atoms with E-state index in [0.29, 0.717) is 5.41 Å². The first-order chi connectivity index (χ1) is 4.17. The highest BCUT2D eigenvalue weighted by atomic mass is 14.5. The summed E-state index contributed by atoms with van der Waals surface area (Å²) in [5, 5.41) is 0. The van der Waals surface area contributed by atoms with E-state index >= 15 is 0 Å². The van der Waals surface area contributed by atoms with Crippen LogP contribution in [0, 0.1) is 11.3 Å². The molecular formula is C9H16. The summed E-state index contributed by atoms with van der Waals surface area (Å²) in [5.74, 6) is 0.887. The molecule has 0 N–H and O–H groups in total. The minimum atomic E-state index is 0.631. The van der Waals surface area contributed by atoms with Crippen LogP contribution in [0.4, 0.5) is 0 Å². The summed E-state index contributed by atoms with van der Waals surface area (Å²) in [4.78, 5) is 0. The van der Waals surface area contributed by atoms with Gasteiger partial charge in [0.1, 0.15) is 0 Å². The Kier molecular flexibility index (Phi) is 1.65. The molecule has 0 amide bonds. The lowest BCUT2D eigenvalue weighted by molar-refractivity contribution is 0.609. The van der Waals surface area contributed by atoms with Crippen LogP contribution >= 0.6 is 0 Å². The van der Waals surface area contributed by atoms with Crippen molar-refractivity contribution in [3.63, 3.8) is 0 Å². The molecule has 9 heavy (non-hydrogen) atoms. The quantitative estimate of drug-likeness (QED) is 0.496. The van der Waals surface area contributed by atoms with E-state index < -0.39 is 0 Å². The summed E-state index contributed by atoms with van der Waals surface area (Å²) in [6.07, 6.45) is 7.22. The van der Waals surface area contributed by atoms with Crippen LogP contribution in [0.2, 0.25) is 0 Å². The Morgan fingerprint density at radius 3 is 2.44 bits per heavy atom. The van der Waals surface area contributed by atoms with Crippen LogP contribution in [0.5, 0.6) is 0 Å². The zero-order chi connectivity index (χ0) is 6.91. The lowest BCUT2D eigenvalue weighted by atomic mass is 10.1. The van der Waals surface area contributed by atoms with Gasteiger partial charge in [0.05, 0.1) is 0 Å². The van der Waals surface area contributed by atoms with E-state index in [1.165, 1.54) is 12.8 Å². The van der Waals surface area contributed by atoms with Crippen LogP contribution in [-0.2, 0) is 0 Å². The zero-order valence-corrected chi connectivity index (χ0v) is 6.65. The van der Waals surface area contributed by atoms with E-state index in [-0.39, 0.29) is 0 Å². The molecule has 0 spiro atoms. The standard InChI is InChI=1S/C9H16/c1-4-5-6-8-7-9(8,2)3/h5-6,8H,4,7H2,1-3H3. The summed E-state index contributed by atoms with van der Waals surface area (Å²) in [6, 6.07) is 0. The van der Waals surface area contributed by atoms with Crippen molar-refractivity contribution in [1.29, 1.82) is 0 Å². The fourth-order valence-corrected chi connectivity index (χ4v) is 1.14. The van der Waals surface area contributed by atoms with Gasteiger partial charge in [-0.25, -0.2) is 0 Å². The lowest BCUT2D eigenvalue weighted by Crippen LogP contribution is -1.85. The van der Waals surface area contributed by atoms with Crippen molar-refractivity contribution in [3.05, 3.63) is 12.2 Å². The van der Waals surface area contributed by atoms with E-state index in [9.17, 15) is 0 Å². The number of allylic oxidation sites excluding steroid dienone is 2. The summed E-state index contributed by atoms with van der Waals surface area (Å²) < 4.78 is 0. The molecule has 1 fully saturated rings. The molecule has 1 saturated carbocycles. The third-order valence-corrected chi connectivity index (χ3v) is 2.19. The molecule has 0 heteroatoms. The zero-order valence-electron chi connectivity index (χ0n) is 6.65. The Morgan fingerprint density at radius 2 is 2.11 bits per heavy atom. The van der Waals surface area contributed by atoms with E-state index in [1.54, 1.807) is 0 Å². The van der Waals surface area contributed by atoms with Gasteiger partial charge >= 0.3 is 0 Å². The fourth-order valence-electron chi connectivity index (χ4n) is 1.14. The Morgan fingerprint density at radius 1 is 1.56 bits per heavy atom. The monoisotopic (exact) mass is 124 g/mol. The van der Waals surface area contributed by atoms with E-state index in [4.69, 9.17) is 0 Å². The summed E-state index contributed by atoms with van der Waals surface area (Å²) in [7, 11) is 0. The molecule has 0 heterocycles. The topological polar surface area (TPSA) is 0 Å². The molecule has 0 bridgehead atoms. The highest BCUT2D eigenvalue weighted by molar-refractivity contribution is 5.07. The third kappa shape index (κ3) is 1.57. The normalized spacial score (nSPS) is 31.2. The molecular weight excluding hydrogens is 108 g/mol. The molecule has 1 atom stereocenters. The smallest absolute Gasteiger partial charge is 0.0177 e. The summed E-state index contributed by atoms with van der Waals surface area (Å²) in [5.41, 5.74) is 0.631. The second-order valence-electron chi connectivity index (χ2n) is 3.64. The molecule has 0 aliphatic heterocycles. The van der Waals surface area contributed by atoms with Crippen LogP contribution in [-0.4, -0.2) is 0 Å². The van der Waals surface area contributed by atoms with Crippen LogP contribution < -0.4 is 0 Å². The average Bonchev–Trinajstić information content (AvgIpc) is 2.35. The van der Waals surface area contributed by atoms with Gasteiger partial charge in [0, 0.05) is 0 Å². The SMILES string of the molecule is CCC=CC1CC1(C)C. The van der Waals surface area contributed by atoms with Crippen LogP contribution in [0.25, 0.3) is 0 Å². The second kappa shape index (κ2) is 2.17. The van der Waals surface area contributed by atoms with Crippen molar-refractivity contribution in [1.82, 2.24) is 0 Å². The van der Waals surface area contributed by atoms with Gasteiger partial charge < -0.3 is 0 Å². The van der Waals surface area contributed by atoms with Crippen LogP contribution in [0.3, 0.4) is 0 Å². The summed E-state index contributed by atoms with van der Waals surface area (Å²) >= 11 is 0. The van der Waals surface area contributed by atoms with Crippen molar-refractivity contribution in [2.24, 2.45) is 11.3 Å². The molecule has 1 unspecified atom stereocenters. The van der Waals surface area contributed by atoms with Gasteiger partial charge in [-0.1, -0.05) is 32.9 Å². The maximum absolute atomic E-state index is 2.36. The van der Waals surface area contributed by atoms with E-state index in [1.807, 2.05) is 0 Å². The Hall–Kier alpha value is -0.260. The number of rotatable bonds is 2. The number of hydrogen-bond acceptors (Lipinski definition) is 0. The first-order valence-corrected chi connectivity index (χ1v) is 3.83. The van der Waals surface area contributed by atoms with Gasteiger partial charge in [-0.2, -0.15) is 0 Å². The highest BCUT2D eigenvalue weighted by Gasteiger charge is 2.43. The summed E-state index contributed by atoms with van der Waals surface area (Å²) in [6.45, 7) is 6.85. The third-order valence-electron chi connectivity index (χ3n) is 2.19. The molecule has 0 aromatic heterocycles. The fraction of sp³-hybridized carbons (Fsp3) is 0.778. The minimum absolute atomic E-state index is 0.631. The van der Waals surface area contributed by atoms with Gasteiger partial charge in [-0.15, -0.1) is 0 Å². The van der Waals surface area contributed by atoms with E-state index in [0.717, 1.165) is 5.92 Å². The molecule has 0 saturated heterocycles. The average molecular weight is 124 g/mol. The van der Waals surface area contributed by atoms with Crippen molar-refractivity contribution < 1.29 is 0 Å².